The second kappa shape index (κ2) is 8.93. The highest BCUT2D eigenvalue weighted by atomic mass is 19.1. The van der Waals surface area contributed by atoms with E-state index < -0.39 is 0 Å². The minimum atomic E-state index is -0.216. The molecule has 136 valence electrons. The molecular weight excluding hydrogens is 323 g/mol. The number of halogens is 1. The lowest BCUT2D eigenvalue weighted by atomic mass is 10.0. The first kappa shape index (κ1) is 18.6. The molecule has 0 spiro atoms. The van der Waals surface area contributed by atoms with Crippen LogP contribution in [0.3, 0.4) is 0 Å². The second-order valence-corrected chi connectivity index (χ2v) is 6.77. The fourth-order valence-corrected chi connectivity index (χ4v) is 3.42. The number of benzene rings is 3. The first-order valence-corrected chi connectivity index (χ1v) is 9.37. The van der Waals surface area contributed by atoms with Crippen LogP contribution in [0.4, 0.5) is 4.39 Å². The van der Waals surface area contributed by atoms with Gasteiger partial charge >= 0.3 is 0 Å². The summed E-state index contributed by atoms with van der Waals surface area (Å²) in [5.41, 5.74) is 8.67. The zero-order chi connectivity index (χ0) is 18.4. The molecular formula is C23H27FN2. The Balaban J connectivity index is 1.56. The van der Waals surface area contributed by atoms with Gasteiger partial charge in [-0.3, -0.25) is 0 Å². The van der Waals surface area contributed by atoms with Crippen LogP contribution in [0.5, 0.6) is 0 Å². The molecule has 1 unspecified atom stereocenters. The van der Waals surface area contributed by atoms with Crippen molar-refractivity contribution in [1.82, 2.24) is 4.90 Å². The molecule has 2 N–H and O–H groups in total. The predicted octanol–water partition coefficient (Wildman–Crippen LogP) is 4.93. The molecule has 3 aromatic rings. The monoisotopic (exact) mass is 350 g/mol. The molecule has 0 fully saturated rings. The molecule has 0 radical (unpaired) electrons. The Hall–Kier alpha value is -2.23. The largest absolute Gasteiger partial charge is 0.324 e. The molecule has 0 aliphatic carbocycles. The number of likely N-dealkylation sites (N-methyl/N-ethyl adjacent to an activating group) is 1. The Morgan fingerprint density at radius 1 is 0.923 bits per heavy atom. The van der Waals surface area contributed by atoms with Crippen LogP contribution < -0.4 is 5.73 Å². The van der Waals surface area contributed by atoms with Crippen LogP contribution in [-0.4, -0.2) is 24.5 Å². The SMILES string of the molecule is CCN(CCc1cccc2ccccc12)CCC(N)c1ccc(F)cc1. The summed E-state index contributed by atoms with van der Waals surface area (Å²) < 4.78 is 13.0. The van der Waals surface area contributed by atoms with Gasteiger partial charge in [-0.05, 0) is 60.0 Å². The molecule has 3 aromatic carbocycles. The minimum Gasteiger partial charge on any atom is -0.324 e. The quantitative estimate of drug-likeness (QED) is 0.624. The smallest absolute Gasteiger partial charge is 0.123 e. The molecule has 0 saturated heterocycles. The third-order valence-corrected chi connectivity index (χ3v) is 5.08. The van der Waals surface area contributed by atoms with Gasteiger partial charge < -0.3 is 10.6 Å². The summed E-state index contributed by atoms with van der Waals surface area (Å²) in [5, 5.41) is 2.64. The van der Waals surface area contributed by atoms with Crippen molar-refractivity contribution in [2.45, 2.75) is 25.8 Å². The number of hydrogen-bond donors (Lipinski definition) is 1. The van der Waals surface area contributed by atoms with Gasteiger partial charge in [-0.25, -0.2) is 4.39 Å². The van der Waals surface area contributed by atoms with Crippen LogP contribution in [-0.2, 0) is 6.42 Å². The summed E-state index contributed by atoms with van der Waals surface area (Å²) >= 11 is 0. The van der Waals surface area contributed by atoms with Gasteiger partial charge in [0.05, 0.1) is 0 Å². The molecule has 0 saturated carbocycles. The Bertz CT molecular complexity index is 824. The molecule has 1 atom stereocenters. The number of nitrogens with zero attached hydrogens (tertiary/aromatic N) is 1. The van der Waals surface area contributed by atoms with Crippen LogP contribution in [0.25, 0.3) is 10.8 Å². The van der Waals surface area contributed by atoms with Gasteiger partial charge in [0, 0.05) is 12.6 Å². The van der Waals surface area contributed by atoms with Gasteiger partial charge in [-0.15, -0.1) is 0 Å². The van der Waals surface area contributed by atoms with E-state index in [1.165, 1.54) is 28.5 Å². The molecule has 0 aliphatic heterocycles. The van der Waals surface area contributed by atoms with Crippen LogP contribution in [0.1, 0.15) is 30.5 Å². The Morgan fingerprint density at radius 2 is 1.65 bits per heavy atom. The van der Waals surface area contributed by atoms with Gasteiger partial charge in [-0.1, -0.05) is 61.5 Å². The minimum absolute atomic E-state index is 0.0535. The van der Waals surface area contributed by atoms with Crippen molar-refractivity contribution in [3.63, 3.8) is 0 Å². The fourth-order valence-electron chi connectivity index (χ4n) is 3.42. The van der Waals surface area contributed by atoms with Crippen LogP contribution in [0.15, 0.2) is 66.7 Å². The van der Waals surface area contributed by atoms with Crippen molar-refractivity contribution in [2.24, 2.45) is 5.73 Å². The van der Waals surface area contributed by atoms with Gasteiger partial charge in [0.2, 0.25) is 0 Å². The maximum Gasteiger partial charge on any atom is 0.123 e. The van der Waals surface area contributed by atoms with E-state index in [1.807, 2.05) is 0 Å². The van der Waals surface area contributed by atoms with E-state index in [1.54, 1.807) is 12.1 Å². The second-order valence-electron chi connectivity index (χ2n) is 6.77. The highest BCUT2D eigenvalue weighted by Crippen LogP contribution is 2.20. The van der Waals surface area contributed by atoms with Crippen molar-refractivity contribution in [2.75, 3.05) is 19.6 Å². The molecule has 0 amide bonds. The van der Waals surface area contributed by atoms with E-state index in [4.69, 9.17) is 5.73 Å². The van der Waals surface area contributed by atoms with Gasteiger partial charge in [0.25, 0.3) is 0 Å². The normalized spacial score (nSPS) is 12.6. The van der Waals surface area contributed by atoms with Crippen molar-refractivity contribution in [1.29, 1.82) is 0 Å². The summed E-state index contributed by atoms with van der Waals surface area (Å²) in [6.45, 7) is 5.15. The first-order valence-electron chi connectivity index (χ1n) is 9.37. The topological polar surface area (TPSA) is 29.3 Å². The third-order valence-electron chi connectivity index (χ3n) is 5.08. The maximum atomic E-state index is 13.0. The zero-order valence-electron chi connectivity index (χ0n) is 15.4. The zero-order valence-corrected chi connectivity index (χ0v) is 15.4. The van der Waals surface area contributed by atoms with Crippen LogP contribution >= 0.6 is 0 Å². The highest BCUT2D eigenvalue weighted by Gasteiger charge is 2.10. The van der Waals surface area contributed by atoms with E-state index in [0.29, 0.717) is 0 Å². The standard InChI is InChI=1S/C23H27FN2/c1-2-26(17-15-23(25)20-10-12-21(24)13-11-20)16-14-19-8-5-7-18-6-3-4-9-22(18)19/h3-13,23H,2,14-17,25H2,1H3. The number of nitrogens with two attached hydrogens (primary N) is 1. The van der Waals surface area contributed by atoms with Gasteiger partial charge in [0.15, 0.2) is 0 Å². The molecule has 3 heteroatoms. The maximum absolute atomic E-state index is 13.0. The molecule has 0 bridgehead atoms. The fraction of sp³-hybridized carbons (Fsp3) is 0.304. The molecule has 0 aliphatic rings. The molecule has 0 aromatic heterocycles. The molecule has 0 heterocycles. The van der Waals surface area contributed by atoms with Gasteiger partial charge in [0.1, 0.15) is 5.82 Å². The van der Waals surface area contributed by atoms with Crippen molar-refractivity contribution in [3.8, 4) is 0 Å². The Kier molecular flexibility index (Phi) is 6.37. The van der Waals surface area contributed by atoms with Crippen molar-refractivity contribution >= 4 is 10.8 Å². The average molecular weight is 350 g/mol. The lowest BCUT2D eigenvalue weighted by Crippen LogP contribution is -2.29. The predicted molar refractivity (Wildman–Crippen MR) is 108 cm³/mol. The van der Waals surface area contributed by atoms with Crippen LogP contribution in [0, 0.1) is 5.82 Å². The lowest BCUT2D eigenvalue weighted by molar-refractivity contribution is 0.280. The van der Waals surface area contributed by atoms with E-state index >= 15 is 0 Å². The number of rotatable bonds is 8. The molecule has 3 rings (SSSR count). The van der Waals surface area contributed by atoms with E-state index in [0.717, 1.165) is 38.0 Å². The molecule has 26 heavy (non-hydrogen) atoms. The summed E-state index contributed by atoms with van der Waals surface area (Å²) in [5.74, 6) is -0.216. The summed E-state index contributed by atoms with van der Waals surface area (Å²) in [4.78, 5) is 2.44. The van der Waals surface area contributed by atoms with Crippen molar-refractivity contribution < 1.29 is 4.39 Å². The van der Waals surface area contributed by atoms with Crippen molar-refractivity contribution in [3.05, 3.63) is 83.7 Å². The average Bonchev–Trinajstić information content (AvgIpc) is 2.68. The summed E-state index contributed by atoms with van der Waals surface area (Å²) in [6.07, 6.45) is 1.90. The third kappa shape index (κ3) is 4.69. The van der Waals surface area contributed by atoms with E-state index in [9.17, 15) is 4.39 Å². The van der Waals surface area contributed by atoms with E-state index in [2.05, 4.69) is 54.3 Å². The Labute approximate surface area is 155 Å². The number of fused-ring (bicyclic) bond motifs is 1. The van der Waals surface area contributed by atoms with Gasteiger partial charge in [-0.2, -0.15) is 0 Å². The summed E-state index contributed by atoms with van der Waals surface area (Å²) in [6, 6.07) is 21.5. The lowest BCUT2D eigenvalue weighted by Gasteiger charge is -2.23. The van der Waals surface area contributed by atoms with E-state index in [-0.39, 0.29) is 11.9 Å². The first-order chi connectivity index (χ1) is 12.7. The Morgan fingerprint density at radius 3 is 2.42 bits per heavy atom. The van der Waals surface area contributed by atoms with Crippen LogP contribution in [0.2, 0.25) is 0 Å². The number of hydrogen-bond acceptors (Lipinski definition) is 2. The molecule has 2 nitrogen and oxygen atoms in total. The highest BCUT2D eigenvalue weighted by molar-refractivity contribution is 5.85. The summed E-state index contributed by atoms with van der Waals surface area (Å²) in [7, 11) is 0.